The summed E-state index contributed by atoms with van der Waals surface area (Å²) in [6.45, 7) is 0. The zero-order valence-electron chi connectivity index (χ0n) is 5.76. The Balaban J connectivity index is 3.26. The minimum absolute atomic E-state index is 0.0897. The van der Waals surface area contributed by atoms with Gasteiger partial charge in [-0.3, -0.25) is 0 Å². The highest BCUT2D eigenvalue weighted by Crippen LogP contribution is 2.26. The molecule has 0 aliphatic rings. The molecule has 0 saturated carbocycles. The van der Waals surface area contributed by atoms with Gasteiger partial charge in [0, 0.05) is 5.56 Å². The average molecular weight is 208 g/mol. The average Bonchev–Trinajstić information content (AvgIpc) is 2.07. The van der Waals surface area contributed by atoms with E-state index in [0.29, 0.717) is 0 Å². The topological polar surface area (TPSA) is 32.6 Å². The van der Waals surface area contributed by atoms with Gasteiger partial charge in [0.25, 0.3) is 0 Å². The van der Waals surface area contributed by atoms with Crippen LogP contribution >= 0.6 is 23.2 Å². The molecular formula is C7H4Cl2FNO. The maximum atomic E-state index is 13.0. The Hall–Kier alpha value is -0.800. The van der Waals surface area contributed by atoms with E-state index in [4.69, 9.17) is 28.4 Å². The van der Waals surface area contributed by atoms with E-state index in [1.807, 2.05) is 0 Å². The van der Waals surface area contributed by atoms with Crippen molar-refractivity contribution in [3.63, 3.8) is 0 Å². The van der Waals surface area contributed by atoms with Crippen LogP contribution in [-0.2, 0) is 0 Å². The van der Waals surface area contributed by atoms with Gasteiger partial charge in [-0.15, -0.1) is 0 Å². The predicted octanol–water partition coefficient (Wildman–Crippen LogP) is 2.94. The molecule has 1 rings (SSSR count). The van der Waals surface area contributed by atoms with Crippen molar-refractivity contribution in [3.05, 3.63) is 33.6 Å². The first kappa shape index (κ1) is 9.29. The maximum Gasteiger partial charge on any atom is 0.152 e. The van der Waals surface area contributed by atoms with Crippen LogP contribution in [0, 0.1) is 5.82 Å². The predicted molar refractivity (Wildman–Crippen MR) is 45.8 cm³/mol. The molecular weight excluding hydrogens is 204 g/mol. The van der Waals surface area contributed by atoms with Gasteiger partial charge in [0.05, 0.1) is 16.3 Å². The Labute approximate surface area is 78.2 Å². The van der Waals surface area contributed by atoms with E-state index in [-0.39, 0.29) is 15.6 Å². The lowest BCUT2D eigenvalue weighted by Gasteiger charge is -1.99. The summed E-state index contributed by atoms with van der Waals surface area (Å²) in [6, 6.07) is 2.78. The van der Waals surface area contributed by atoms with Gasteiger partial charge < -0.3 is 5.21 Å². The zero-order valence-corrected chi connectivity index (χ0v) is 7.27. The number of hydrogen-bond acceptors (Lipinski definition) is 2. The molecule has 0 radical (unpaired) electrons. The van der Waals surface area contributed by atoms with E-state index in [1.54, 1.807) is 0 Å². The van der Waals surface area contributed by atoms with E-state index in [9.17, 15) is 4.39 Å². The van der Waals surface area contributed by atoms with Gasteiger partial charge in [0.2, 0.25) is 0 Å². The van der Waals surface area contributed by atoms with Gasteiger partial charge >= 0.3 is 0 Å². The summed E-state index contributed by atoms with van der Waals surface area (Å²) in [5, 5.41) is 10.8. The van der Waals surface area contributed by atoms with E-state index in [1.165, 1.54) is 12.1 Å². The minimum atomic E-state index is -0.693. The maximum absolute atomic E-state index is 13.0. The lowest BCUT2D eigenvalue weighted by Crippen LogP contribution is -1.89. The van der Waals surface area contributed by atoms with Crippen molar-refractivity contribution in [2.75, 3.05) is 0 Å². The molecule has 0 atom stereocenters. The summed E-state index contributed by atoms with van der Waals surface area (Å²) in [7, 11) is 0. The first-order chi connectivity index (χ1) is 5.66. The Kier molecular flexibility index (Phi) is 2.89. The summed E-state index contributed by atoms with van der Waals surface area (Å²) >= 11 is 11.0. The van der Waals surface area contributed by atoms with Gasteiger partial charge in [-0.05, 0) is 12.1 Å². The number of oxime groups is 1. The first-order valence-corrected chi connectivity index (χ1v) is 3.73. The molecule has 1 N–H and O–H groups in total. The number of nitrogens with zero attached hydrogens (tertiary/aromatic N) is 1. The molecule has 0 unspecified atom stereocenters. The number of benzene rings is 1. The van der Waals surface area contributed by atoms with Crippen LogP contribution in [0.25, 0.3) is 0 Å². The summed E-state index contributed by atoms with van der Waals surface area (Å²) < 4.78 is 13.0. The van der Waals surface area contributed by atoms with Crippen LogP contribution in [0.2, 0.25) is 10.0 Å². The molecule has 2 nitrogen and oxygen atoms in total. The second-order valence-electron chi connectivity index (χ2n) is 2.01. The van der Waals surface area contributed by atoms with Gasteiger partial charge in [-0.25, -0.2) is 4.39 Å². The second kappa shape index (κ2) is 3.74. The largest absolute Gasteiger partial charge is 0.411 e. The van der Waals surface area contributed by atoms with Gasteiger partial charge in [0.15, 0.2) is 5.82 Å². The fourth-order valence-corrected chi connectivity index (χ4v) is 1.02. The van der Waals surface area contributed by atoms with Crippen LogP contribution in [0.5, 0.6) is 0 Å². The smallest absolute Gasteiger partial charge is 0.152 e. The third-order valence-corrected chi connectivity index (χ3v) is 2.04. The Bertz CT molecular complexity index is 327. The molecule has 0 bridgehead atoms. The number of rotatable bonds is 1. The zero-order chi connectivity index (χ0) is 9.14. The molecule has 0 saturated heterocycles. The van der Waals surface area contributed by atoms with Crippen molar-refractivity contribution in [2.45, 2.75) is 0 Å². The lowest BCUT2D eigenvalue weighted by atomic mass is 10.2. The first-order valence-electron chi connectivity index (χ1n) is 2.97. The summed E-state index contributed by atoms with van der Waals surface area (Å²) in [5.74, 6) is -0.693. The molecule has 1 aromatic rings. The molecule has 0 aliphatic heterocycles. The van der Waals surface area contributed by atoms with Crippen LogP contribution < -0.4 is 0 Å². The molecule has 1 aromatic carbocycles. The molecule has 0 spiro atoms. The van der Waals surface area contributed by atoms with Gasteiger partial charge in [0.1, 0.15) is 0 Å². The second-order valence-corrected chi connectivity index (χ2v) is 2.79. The molecule has 0 fully saturated rings. The van der Waals surface area contributed by atoms with Crippen molar-refractivity contribution in [1.82, 2.24) is 0 Å². The fraction of sp³-hybridized carbons (Fsp3) is 0. The van der Waals surface area contributed by atoms with Crippen molar-refractivity contribution in [2.24, 2.45) is 5.16 Å². The van der Waals surface area contributed by atoms with Gasteiger partial charge in [-0.2, -0.15) is 0 Å². The standard InChI is InChI=1S/C7H4Cl2FNO/c8-5-2-1-4(3-11-12)7(10)6(5)9/h1-3,12H/b11-3+. The normalized spacial score (nSPS) is 10.9. The lowest BCUT2D eigenvalue weighted by molar-refractivity contribution is 0.321. The van der Waals surface area contributed by atoms with Crippen molar-refractivity contribution in [3.8, 4) is 0 Å². The third kappa shape index (κ3) is 1.68. The van der Waals surface area contributed by atoms with E-state index in [0.717, 1.165) is 6.21 Å². The Morgan fingerprint density at radius 2 is 2.08 bits per heavy atom. The molecule has 64 valence electrons. The highest BCUT2D eigenvalue weighted by Gasteiger charge is 2.08. The highest BCUT2D eigenvalue weighted by molar-refractivity contribution is 6.42. The Morgan fingerprint density at radius 3 is 2.67 bits per heavy atom. The fourth-order valence-electron chi connectivity index (χ4n) is 0.703. The van der Waals surface area contributed by atoms with Crippen LogP contribution in [-0.4, -0.2) is 11.4 Å². The Morgan fingerprint density at radius 1 is 1.42 bits per heavy atom. The molecule has 0 amide bonds. The summed E-state index contributed by atoms with van der Waals surface area (Å²) in [4.78, 5) is 0. The molecule has 0 aliphatic carbocycles. The van der Waals surface area contributed by atoms with Crippen molar-refractivity contribution in [1.29, 1.82) is 0 Å². The van der Waals surface area contributed by atoms with Crippen LogP contribution in [0.4, 0.5) is 4.39 Å². The summed E-state index contributed by atoms with van der Waals surface area (Å²) in [5.41, 5.74) is 0.0897. The third-order valence-electron chi connectivity index (χ3n) is 1.26. The van der Waals surface area contributed by atoms with Gasteiger partial charge in [-0.1, -0.05) is 28.4 Å². The SMILES string of the molecule is O/N=C/c1ccc(Cl)c(Cl)c1F. The van der Waals surface area contributed by atoms with Crippen LogP contribution in [0.15, 0.2) is 17.3 Å². The highest BCUT2D eigenvalue weighted by atomic mass is 35.5. The van der Waals surface area contributed by atoms with E-state index < -0.39 is 5.82 Å². The molecule has 0 aromatic heterocycles. The summed E-state index contributed by atoms with van der Waals surface area (Å²) in [6.07, 6.45) is 0.942. The minimum Gasteiger partial charge on any atom is -0.411 e. The molecule has 12 heavy (non-hydrogen) atoms. The monoisotopic (exact) mass is 207 g/mol. The van der Waals surface area contributed by atoms with E-state index >= 15 is 0 Å². The van der Waals surface area contributed by atoms with Crippen molar-refractivity contribution >= 4 is 29.4 Å². The van der Waals surface area contributed by atoms with E-state index in [2.05, 4.69) is 5.16 Å². The van der Waals surface area contributed by atoms with Crippen LogP contribution in [0.3, 0.4) is 0 Å². The molecule has 0 heterocycles. The molecule has 5 heteroatoms. The quantitative estimate of drug-likeness (QED) is 0.327. The van der Waals surface area contributed by atoms with Crippen LogP contribution in [0.1, 0.15) is 5.56 Å². The number of halogens is 3. The number of hydrogen-bond donors (Lipinski definition) is 1. The van der Waals surface area contributed by atoms with Crippen molar-refractivity contribution < 1.29 is 9.60 Å².